The molecule has 1 aromatic heterocycles. The van der Waals surface area contributed by atoms with Crippen LogP contribution in [0, 0.1) is 5.92 Å². The summed E-state index contributed by atoms with van der Waals surface area (Å²) in [5.74, 6) is 0.142. The molecule has 1 fully saturated rings. The van der Waals surface area contributed by atoms with E-state index in [-0.39, 0.29) is 17.5 Å². The van der Waals surface area contributed by atoms with Gasteiger partial charge in [-0.3, -0.25) is 4.79 Å². The van der Waals surface area contributed by atoms with Crippen LogP contribution < -0.4 is 0 Å². The van der Waals surface area contributed by atoms with Gasteiger partial charge < -0.3 is 14.1 Å². The Morgan fingerprint density at radius 3 is 2.73 bits per heavy atom. The van der Waals surface area contributed by atoms with Crippen molar-refractivity contribution in [2.45, 2.75) is 52.0 Å². The van der Waals surface area contributed by atoms with Gasteiger partial charge in [-0.25, -0.2) is 9.78 Å². The van der Waals surface area contributed by atoms with E-state index in [4.69, 9.17) is 4.42 Å². The predicted molar refractivity (Wildman–Crippen MR) is 80.1 cm³/mol. The van der Waals surface area contributed by atoms with Crippen molar-refractivity contribution in [3.8, 4) is 0 Å². The summed E-state index contributed by atoms with van der Waals surface area (Å²) in [6.45, 7) is 3.02. The van der Waals surface area contributed by atoms with Crippen LogP contribution in [0.5, 0.6) is 0 Å². The Morgan fingerprint density at radius 2 is 2.09 bits per heavy atom. The Balaban J connectivity index is 2.02. The van der Waals surface area contributed by atoms with Crippen molar-refractivity contribution in [1.82, 2.24) is 9.88 Å². The summed E-state index contributed by atoms with van der Waals surface area (Å²) in [6, 6.07) is 0. The molecule has 0 radical (unpaired) electrons. The van der Waals surface area contributed by atoms with Gasteiger partial charge in [0.2, 0.25) is 11.8 Å². The molecule has 0 spiro atoms. The molecule has 22 heavy (non-hydrogen) atoms. The summed E-state index contributed by atoms with van der Waals surface area (Å²) in [5.41, 5.74) is 0.138. The van der Waals surface area contributed by atoms with Gasteiger partial charge in [-0.1, -0.05) is 26.2 Å². The summed E-state index contributed by atoms with van der Waals surface area (Å²) in [7, 11) is 1.30. The smallest absolute Gasteiger partial charge is 0.360 e. The fraction of sp³-hybridized carbons (Fsp3) is 0.688. The zero-order valence-corrected chi connectivity index (χ0v) is 13.3. The average Bonchev–Trinajstić information content (AvgIpc) is 3.02. The average molecular weight is 308 g/mol. The van der Waals surface area contributed by atoms with Gasteiger partial charge >= 0.3 is 5.97 Å². The second-order valence-corrected chi connectivity index (χ2v) is 5.71. The van der Waals surface area contributed by atoms with Crippen LogP contribution in [-0.4, -0.2) is 35.4 Å². The van der Waals surface area contributed by atoms with Gasteiger partial charge in [0.25, 0.3) is 0 Å². The monoisotopic (exact) mass is 308 g/mol. The maximum atomic E-state index is 12.7. The fourth-order valence-electron chi connectivity index (χ4n) is 2.89. The first-order chi connectivity index (χ1) is 10.7. The number of oxazole rings is 1. The lowest BCUT2D eigenvalue weighted by atomic mass is 9.88. The predicted octanol–water partition coefficient (Wildman–Crippen LogP) is 2.78. The second kappa shape index (κ2) is 7.96. The van der Waals surface area contributed by atoms with Gasteiger partial charge in [0, 0.05) is 12.5 Å². The number of carbonyl (C=O) groups excluding carboxylic acids is 2. The van der Waals surface area contributed by atoms with Gasteiger partial charge in [0.1, 0.15) is 6.26 Å². The summed E-state index contributed by atoms with van der Waals surface area (Å²) < 4.78 is 9.90. The minimum atomic E-state index is -0.532. The highest BCUT2D eigenvalue weighted by Crippen LogP contribution is 2.26. The van der Waals surface area contributed by atoms with Gasteiger partial charge in [0.15, 0.2) is 5.69 Å². The van der Waals surface area contributed by atoms with Crippen LogP contribution in [-0.2, 0) is 16.1 Å². The molecular formula is C16H24N2O4. The summed E-state index contributed by atoms with van der Waals surface area (Å²) >= 11 is 0. The van der Waals surface area contributed by atoms with E-state index in [1.165, 1.54) is 19.8 Å². The van der Waals surface area contributed by atoms with Crippen molar-refractivity contribution in [2.24, 2.45) is 5.92 Å². The van der Waals surface area contributed by atoms with Crippen LogP contribution in [0.2, 0.25) is 0 Å². The second-order valence-electron chi connectivity index (χ2n) is 5.71. The first kappa shape index (κ1) is 16.5. The molecule has 0 atom stereocenters. The van der Waals surface area contributed by atoms with E-state index in [0.717, 1.165) is 32.1 Å². The van der Waals surface area contributed by atoms with Crippen molar-refractivity contribution in [2.75, 3.05) is 13.7 Å². The molecule has 1 amide bonds. The van der Waals surface area contributed by atoms with Crippen molar-refractivity contribution < 1.29 is 18.7 Å². The Bertz CT molecular complexity index is 506. The summed E-state index contributed by atoms with van der Waals surface area (Å²) in [6.07, 6.45) is 7.57. The lowest BCUT2D eigenvalue weighted by Crippen LogP contribution is -2.37. The first-order valence-electron chi connectivity index (χ1n) is 7.97. The molecule has 0 aromatic carbocycles. The molecular weight excluding hydrogens is 284 g/mol. The van der Waals surface area contributed by atoms with Crippen LogP contribution in [0.4, 0.5) is 0 Å². The molecule has 1 aliphatic rings. The van der Waals surface area contributed by atoms with Crippen molar-refractivity contribution in [3.05, 3.63) is 17.8 Å². The largest absolute Gasteiger partial charge is 0.464 e. The molecule has 2 rings (SSSR count). The van der Waals surface area contributed by atoms with Crippen molar-refractivity contribution in [1.29, 1.82) is 0 Å². The number of nitrogens with zero attached hydrogens (tertiary/aromatic N) is 2. The van der Waals surface area contributed by atoms with Crippen LogP contribution >= 0.6 is 0 Å². The molecule has 0 bridgehead atoms. The van der Waals surface area contributed by atoms with Gasteiger partial charge in [-0.2, -0.15) is 0 Å². The van der Waals surface area contributed by atoms with Crippen molar-refractivity contribution in [3.63, 3.8) is 0 Å². The number of hydrogen-bond donors (Lipinski definition) is 0. The number of aromatic nitrogens is 1. The van der Waals surface area contributed by atoms with E-state index in [1.807, 2.05) is 6.92 Å². The Kier molecular flexibility index (Phi) is 5.98. The summed E-state index contributed by atoms with van der Waals surface area (Å²) in [5, 5.41) is 0. The fourth-order valence-corrected chi connectivity index (χ4v) is 2.89. The molecule has 0 N–H and O–H groups in total. The molecule has 1 heterocycles. The van der Waals surface area contributed by atoms with Crippen LogP contribution in [0.3, 0.4) is 0 Å². The SMILES string of the molecule is CCCN(Cc1nc(C(=O)OC)co1)C(=O)C1CCCCC1. The van der Waals surface area contributed by atoms with E-state index in [1.54, 1.807) is 4.90 Å². The van der Waals surface area contributed by atoms with Crippen LogP contribution in [0.15, 0.2) is 10.7 Å². The number of hydrogen-bond acceptors (Lipinski definition) is 5. The standard InChI is InChI=1S/C16H24N2O4/c1-3-9-18(15(19)12-7-5-4-6-8-12)10-14-17-13(11-22-14)16(20)21-2/h11-12H,3-10H2,1-2H3. The van der Waals surface area contributed by atoms with E-state index >= 15 is 0 Å². The zero-order valence-electron chi connectivity index (χ0n) is 13.3. The molecule has 1 aromatic rings. The van der Waals surface area contributed by atoms with E-state index < -0.39 is 5.97 Å². The number of carbonyl (C=O) groups is 2. The van der Waals surface area contributed by atoms with E-state index in [0.29, 0.717) is 19.0 Å². The van der Waals surface area contributed by atoms with E-state index in [9.17, 15) is 9.59 Å². The summed E-state index contributed by atoms with van der Waals surface area (Å²) in [4.78, 5) is 29.9. The number of methoxy groups -OCH3 is 1. The highest BCUT2D eigenvalue weighted by Gasteiger charge is 2.26. The third kappa shape index (κ3) is 4.08. The first-order valence-corrected chi connectivity index (χ1v) is 7.97. The molecule has 0 unspecified atom stereocenters. The molecule has 122 valence electrons. The van der Waals surface area contributed by atoms with Gasteiger partial charge in [0.05, 0.1) is 13.7 Å². The minimum absolute atomic E-state index is 0.121. The molecule has 6 nitrogen and oxygen atoms in total. The normalized spacial score (nSPS) is 15.5. The van der Waals surface area contributed by atoms with Crippen LogP contribution in [0.1, 0.15) is 61.8 Å². The number of amides is 1. The zero-order chi connectivity index (χ0) is 15.9. The van der Waals surface area contributed by atoms with Crippen molar-refractivity contribution >= 4 is 11.9 Å². The quantitative estimate of drug-likeness (QED) is 0.756. The Labute approximate surface area is 130 Å². The molecule has 0 saturated heterocycles. The highest BCUT2D eigenvalue weighted by molar-refractivity contribution is 5.86. The molecule has 1 aliphatic carbocycles. The van der Waals surface area contributed by atoms with E-state index in [2.05, 4.69) is 9.72 Å². The third-order valence-corrected chi connectivity index (χ3v) is 4.03. The number of esters is 1. The minimum Gasteiger partial charge on any atom is -0.464 e. The molecule has 1 saturated carbocycles. The molecule has 6 heteroatoms. The Morgan fingerprint density at radius 1 is 1.36 bits per heavy atom. The molecule has 0 aliphatic heterocycles. The highest BCUT2D eigenvalue weighted by atomic mass is 16.5. The Hall–Kier alpha value is -1.85. The number of ether oxygens (including phenoxy) is 1. The number of rotatable bonds is 6. The topological polar surface area (TPSA) is 72.6 Å². The lowest BCUT2D eigenvalue weighted by molar-refractivity contribution is -0.137. The lowest BCUT2D eigenvalue weighted by Gasteiger charge is -2.28. The maximum absolute atomic E-state index is 12.7. The maximum Gasteiger partial charge on any atom is 0.360 e. The van der Waals surface area contributed by atoms with Gasteiger partial charge in [-0.15, -0.1) is 0 Å². The van der Waals surface area contributed by atoms with Crippen LogP contribution in [0.25, 0.3) is 0 Å². The van der Waals surface area contributed by atoms with Gasteiger partial charge in [-0.05, 0) is 19.3 Å². The third-order valence-electron chi connectivity index (χ3n) is 4.03.